The van der Waals surface area contributed by atoms with E-state index in [2.05, 4.69) is 28.2 Å². The first-order chi connectivity index (χ1) is 9.58. The summed E-state index contributed by atoms with van der Waals surface area (Å²) >= 11 is 3.45. The average Bonchev–Trinajstić information content (AvgIpc) is 2.38. The average molecular weight is 343 g/mol. The topological polar surface area (TPSA) is 64.3 Å². The van der Waals surface area contributed by atoms with Gasteiger partial charge in [-0.3, -0.25) is 4.79 Å². The van der Waals surface area contributed by atoms with Crippen LogP contribution in [0.2, 0.25) is 0 Å². The lowest BCUT2D eigenvalue weighted by Crippen LogP contribution is -2.36. The second-order valence-electron chi connectivity index (χ2n) is 4.81. The standard InChI is InChI=1S/C15H23BrN2O2/c1-3-5-11(2)18-14(19)10-20-15-12(8-9-17)6-4-7-13(15)16/h4,6-7,11H,3,5,8-10,17H2,1-2H3,(H,18,19). The number of hydrogen-bond donors (Lipinski definition) is 2. The number of nitrogens with one attached hydrogen (secondary N) is 1. The highest BCUT2D eigenvalue weighted by atomic mass is 79.9. The van der Waals surface area contributed by atoms with Crippen molar-refractivity contribution in [2.24, 2.45) is 5.73 Å². The van der Waals surface area contributed by atoms with Crippen LogP contribution in [0.3, 0.4) is 0 Å². The smallest absolute Gasteiger partial charge is 0.258 e. The first-order valence-electron chi connectivity index (χ1n) is 6.98. The fourth-order valence-electron chi connectivity index (χ4n) is 2.03. The van der Waals surface area contributed by atoms with Gasteiger partial charge in [0.15, 0.2) is 6.61 Å². The van der Waals surface area contributed by atoms with E-state index in [1.165, 1.54) is 0 Å². The van der Waals surface area contributed by atoms with Gasteiger partial charge in [-0.15, -0.1) is 0 Å². The molecule has 0 aliphatic heterocycles. The van der Waals surface area contributed by atoms with Gasteiger partial charge in [-0.2, -0.15) is 0 Å². The zero-order chi connectivity index (χ0) is 15.0. The molecule has 0 fully saturated rings. The number of ether oxygens (including phenoxy) is 1. The molecule has 0 heterocycles. The van der Waals surface area contributed by atoms with Gasteiger partial charge in [0.2, 0.25) is 0 Å². The molecule has 20 heavy (non-hydrogen) atoms. The predicted octanol–water partition coefficient (Wildman–Crippen LogP) is 2.63. The molecule has 0 radical (unpaired) electrons. The molecule has 0 aliphatic rings. The van der Waals surface area contributed by atoms with E-state index in [1.54, 1.807) is 0 Å². The molecular formula is C15H23BrN2O2. The number of benzene rings is 1. The third-order valence-electron chi connectivity index (χ3n) is 2.94. The summed E-state index contributed by atoms with van der Waals surface area (Å²) in [4.78, 5) is 11.8. The SMILES string of the molecule is CCCC(C)NC(=O)COc1c(Br)cccc1CCN. The maximum absolute atomic E-state index is 11.8. The van der Waals surface area contributed by atoms with Crippen LogP contribution in [0.25, 0.3) is 0 Å². The van der Waals surface area contributed by atoms with Crippen molar-refractivity contribution in [2.75, 3.05) is 13.2 Å². The molecule has 0 saturated carbocycles. The van der Waals surface area contributed by atoms with Gasteiger partial charge in [-0.1, -0.05) is 25.5 Å². The normalized spacial score (nSPS) is 12.0. The zero-order valence-electron chi connectivity index (χ0n) is 12.1. The van der Waals surface area contributed by atoms with E-state index in [0.717, 1.165) is 29.3 Å². The molecule has 1 rings (SSSR count). The van der Waals surface area contributed by atoms with Crippen molar-refractivity contribution in [2.45, 2.75) is 39.2 Å². The molecule has 5 heteroatoms. The van der Waals surface area contributed by atoms with Gasteiger partial charge in [0, 0.05) is 6.04 Å². The van der Waals surface area contributed by atoms with E-state index in [0.29, 0.717) is 12.3 Å². The molecule has 3 N–H and O–H groups in total. The van der Waals surface area contributed by atoms with Crippen LogP contribution in [-0.2, 0) is 11.2 Å². The molecule has 0 aromatic heterocycles. The van der Waals surface area contributed by atoms with E-state index in [4.69, 9.17) is 10.5 Å². The monoisotopic (exact) mass is 342 g/mol. The van der Waals surface area contributed by atoms with Crippen molar-refractivity contribution in [1.29, 1.82) is 0 Å². The molecule has 1 atom stereocenters. The second-order valence-corrected chi connectivity index (χ2v) is 5.67. The highest BCUT2D eigenvalue weighted by Crippen LogP contribution is 2.29. The molecule has 1 aromatic rings. The molecule has 1 amide bonds. The third kappa shape index (κ3) is 5.51. The molecule has 1 aromatic carbocycles. The molecule has 0 spiro atoms. The Labute approximate surface area is 129 Å². The molecule has 0 bridgehead atoms. The van der Waals surface area contributed by atoms with E-state index in [-0.39, 0.29) is 18.6 Å². The van der Waals surface area contributed by atoms with Crippen LogP contribution in [0.5, 0.6) is 5.75 Å². The Hall–Kier alpha value is -1.07. The van der Waals surface area contributed by atoms with Crippen molar-refractivity contribution in [1.82, 2.24) is 5.32 Å². The van der Waals surface area contributed by atoms with Crippen molar-refractivity contribution >= 4 is 21.8 Å². The van der Waals surface area contributed by atoms with Crippen LogP contribution in [0, 0.1) is 0 Å². The Morgan fingerprint density at radius 3 is 2.90 bits per heavy atom. The maximum atomic E-state index is 11.8. The van der Waals surface area contributed by atoms with Crippen molar-refractivity contribution in [3.8, 4) is 5.75 Å². The van der Waals surface area contributed by atoms with Crippen LogP contribution in [0.15, 0.2) is 22.7 Å². The molecule has 1 unspecified atom stereocenters. The Bertz CT molecular complexity index is 438. The van der Waals surface area contributed by atoms with Crippen molar-refractivity contribution in [3.63, 3.8) is 0 Å². The number of halogens is 1. The summed E-state index contributed by atoms with van der Waals surface area (Å²) in [7, 11) is 0. The second kappa shape index (κ2) is 8.97. The van der Waals surface area contributed by atoms with E-state index >= 15 is 0 Å². The van der Waals surface area contributed by atoms with E-state index in [1.807, 2.05) is 25.1 Å². The number of para-hydroxylation sites is 1. The number of hydrogen-bond acceptors (Lipinski definition) is 3. The Kier molecular flexibility index (Phi) is 7.62. The summed E-state index contributed by atoms with van der Waals surface area (Å²) in [5.41, 5.74) is 6.59. The summed E-state index contributed by atoms with van der Waals surface area (Å²) in [5.74, 6) is 0.608. The zero-order valence-corrected chi connectivity index (χ0v) is 13.7. The summed E-state index contributed by atoms with van der Waals surface area (Å²) < 4.78 is 6.49. The minimum Gasteiger partial charge on any atom is -0.482 e. The van der Waals surface area contributed by atoms with Crippen LogP contribution >= 0.6 is 15.9 Å². The minimum atomic E-state index is -0.0969. The minimum absolute atomic E-state index is 0.0221. The lowest BCUT2D eigenvalue weighted by atomic mass is 10.1. The van der Waals surface area contributed by atoms with Gasteiger partial charge in [-0.05, 0) is 53.9 Å². The summed E-state index contributed by atoms with van der Waals surface area (Å²) in [6.45, 7) is 4.67. The van der Waals surface area contributed by atoms with Crippen molar-refractivity contribution in [3.05, 3.63) is 28.2 Å². The fraction of sp³-hybridized carbons (Fsp3) is 0.533. The largest absolute Gasteiger partial charge is 0.482 e. The first kappa shape index (κ1) is 17.0. The molecule has 0 saturated heterocycles. The van der Waals surface area contributed by atoms with Gasteiger partial charge in [0.25, 0.3) is 5.91 Å². The third-order valence-corrected chi connectivity index (χ3v) is 3.56. The van der Waals surface area contributed by atoms with Crippen LogP contribution < -0.4 is 15.8 Å². The molecule has 4 nitrogen and oxygen atoms in total. The Balaban J connectivity index is 2.58. The molecule has 0 aliphatic carbocycles. The lowest BCUT2D eigenvalue weighted by molar-refractivity contribution is -0.123. The number of nitrogens with two attached hydrogens (primary N) is 1. The van der Waals surface area contributed by atoms with Crippen molar-refractivity contribution < 1.29 is 9.53 Å². The Morgan fingerprint density at radius 2 is 2.25 bits per heavy atom. The predicted molar refractivity (Wildman–Crippen MR) is 84.9 cm³/mol. The number of amides is 1. The van der Waals surface area contributed by atoms with Gasteiger partial charge >= 0.3 is 0 Å². The number of rotatable bonds is 8. The summed E-state index contributed by atoms with van der Waals surface area (Å²) in [6.07, 6.45) is 2.75. The molecule has 112 valence electrons. The van der Waals surface area contributed by atoms with Crippen LogP contribution in [0.1, 0.15) is 32.3 Å². The van der Waals surface area contributed by atoms with Gasteiger partial charge in [0.05, 0.1) is 4.47 Å². The molecular weight excluding hydrogens is 320 g/mol. The quantitative estimate of drug-likeness (QED) is 0.763. The lowest BCUT2D eigenvalue weighted by Gasteiger charge is -2.15. The van der Waals surface area contributed by atoms with Crippen LogP contribution in [-0.4, -0.2) is 25.1 Å². The first-order valence-corrected chi connectivity index (χ1v) is 7.77. The summed E-state index contributed by atoms with van der Waals surface area (Å²) in [6, 6.07) is 5.97. The van der Waals surface area contributed by atoms with E-state index < -0.39 is 0 Å². The highest BCUT2D eigenvalue weighted by molar-refractivity contribution is 9.10. The number of carbonyl (C=O) groups excluding carboxylic acids is 1. The van der Waals surface area contributed by atoms with Gasteiger partial charge < -0.3 is 15.8 Å². The maximum Gasteiger partial charge on any atom is 0.258 e. The fourth-order valence-corrected chi connectivity index (χ4v) is 2.55. The van der Waals surface area contributed by atoms with Gasteiger partial charge in [-0.25, -0.2) is 0 Å². The number of carbonyl (C=O) groups is 1. The highest BCUT2D eigenvalue weighted by Gasteiger charge is 2.11. The Morgan fingerprint density at radius 1 is 1.50 bits per heavy atom. The van der Waals surface area contributed by atoms with Crippen LogP contribution in [0.4, 0.5) is 0 Å². The van der Waals surface area contributed by atoms with E-state index in [9.17, 15) is 4.79 Å². The van der Waals surface area contributed by atoms with Gasteiger partial charge in [0.1, 0.15) is 5.75 Å². The summed E-state index contributed by atoms with van der Waals surface area (Å²) in [5, 5.41) is 2.92.